The van der Waals surface area contributed by atoms with Crippen LogP contribution in [0, 0.1) is 0 Å². The van der Waals surface area contributed by atoms with Gasteiger partial charge in [-0.15, -0.1) is 0 Å². The zero-order valence-corrected chi connectivity index (χ0v) is 12.4. The van der Waals surface area contributed by atoms with Gasteiger partial charge in [0.1, 0.15) is 6.54 Å². The first-order valence-electron chi connectivity index (χ1n) is 7.39. The van der Waals surface area contributed by atoms with Crippen LogP contribution in [0.4, 0.5) is 5.69 Å². The van der Waals surface area contributed by atoms with Crippen molar-refractivity contribution in [3.05, 3.63) is 29.8 Å². The van der Waals surface area contributed by atoms with Crippen LogP contribution in [0.3, 0.4) is 0 Å². The van der Waals surface area contributed by atoms with Gasteiger partial charge in [-0.05, 0) is 43.9 Å². The standard InChI is InChI=1S/C16H22N2O3/c1-2-21-16(20)11-18(14-8-9-14)15(19)10-5-12-3-6-13(17)7-4-12/h3-4,6-7,14H,2,5,8-11,17H2,1H3. The van der Waals surface area contributed by atoms with Gasteiger partial charge in [0.25, 0.3) is 0 Å². The Bertz CT molecular complexity index is 495. The first kappa shape index (κ1) is 15.4. The number of hydrogen-bond donors (Lipinski definition) is 1. The van der Waals surface area contributed by atoms with E-state index >= 15 is 0 Å². The number of amides is 1. The van der Waals surface area contributed by atoms with E-state index in [0.717, 1.165) is 18.4 Å². The number of carbonyl (C=O) groups excluding carboxylic acids is 2. The number of nitrogens with two attached hydrogens (primary N) is 1. The van der Waals surface area contributed by atoms with Crippen molar-refractivity contribution in [2.75, 3.05) is 18.9 Å². The van der Waals surface area contributed by atoms with Crippen LogP contribution in [-0.4, -0.2) is 36.0 Å². The molecule has 5 nitrogen and oxygen atoms in total. The summed E-state index contributed by atoms with van der Waals surface area (Å²) in [6.07, 6.45) is 3.02. The van der Waals surface area contributed by atoms with E-state index in [4.69, 9.17) is 10.5 Å². The average Bonchev–Trinajstić information content (AvgIpc) is 3.29. The number of aryl methyl sites for hydroxylation is 1. The van der Waals surface area contributed by atoms with Gasteiger partial charge < -0.3 is 15.4 Å². The van der Waals surface area contributed by atoms with Crippen molar-refractivity contribution < 1.29 is 14.3 Å². The SMILES string of the molecule is CCOC(=O)CN(C(=O)CCc1ccc(N)cc1)C1CC1. The number of nitrogen functional groups attached to an aromatic ring is 1. The molecule has 1 saturated carbocycles. The second-order valence-electron chi connectivity index (χ2n) is 5.30. The smallest absolute Gasteiger partial charge is 0.325 e. The molecule has 5 heteroatoms. The van der Waals surface area contributed by atoms with E-state index in [1.165, 1.54) is 0 Å². The van der Waals surface area contributed by atoms with E-state index in [2.05, 4.69) is 0 Å². The quantitative estimate of drug-likeness (QED) is 0.613. The van der Waals surface area contributed by atoms with Crippen LogP contribution in [0.25, 0.3) is 0 Å². The van der Waals surface area contributed by atoms with Crippen molar-refractivity contribution in [2.45, 2.75) is 38.6 Å². The minimum Gasteiger partial charge on any atom is -0.465 e. The Kier molecular flexibility index (Phi) is 5.20. The van der Waals surface area contributed by atoms with Gasteiger partial charge in [-0.1, -0.05) is 12.1 Å². The molecule has 114 valence electrons. The molecule has 0 radical (unpaired) electrons. The van der Waals surface area contributed by atoms with Gasteiger partial charge in [0, 0.05) is 18.2 Å². The second-order valence-corrected chi connectivity index (χ2v) is 5.30. The van der Waals surface area contributed by atoms with Crippen molar-refractivity contribution in [1.29, 1.82) is 0 Å². The molecule has 1 aromatic rings. The summed E-state index contributed by atoms with van der Waals surface area (Å²) in [7, 11) is 0. The number of benzene rings is 1. The van der Waals surface area contributed by atoms with Crippen molar-refractivity contribution in [3.8, 4) is 0 Å². The zero-order chi connectivity index (χ0) is 15.2. The monoisotopic (exact) mass is 290 g/mol. The van der Waals surface area contributed by atoms with E-state index in [9.17, 15) is 9.59 Å². The number of anilines is 1. The highest BCUT2D eigenvalue weighted by Gasteiger charge is 2.33. The summed E-state index contributed by atoms with van der Waals surface area (Å²) in [6, 6.07) is 7.73. The van der Waals surface area contributed by atoms with E-state index in [1.807, 2.05) is 24.3 Å². The number of esters is 1. The number of carbonyl (C=O) groups is 2. The van der Waals surface area contributed by atoms with Crippen molar-refractivity contribution in [2.24, 2.45) is 0 Å². The Balaban J connectivity index is 1.86. The van der Waals surface area contributed by atoms with Crippen molar-refractivity contribution in [1.82, 2.24) is 4.90 Å². The van der Waals surface area contributed by atoms with Gasteiger partial charge in [0.15, 0.2) is 0 Å². The maximum absolute atomic E-state index is 12.3. The fourth-order valence-electron chi connectivity index (χ4n) is 2.23. The first-order chi connectivity index (χ1) is 10.1. The second kappa shape index (κ2) is 7.11. The molecule has 0 heterocycles. The predicted octanol–water partition coefficient (Wildman–Crippen LogP) is 1.76. The van der Waals surface area contributed by atoms with Gasteiger partial charge in [0.2, 0.25) is 5.91 Å². The highest BCUT2D eigenvalue weighted by molar-refractivity contribution is 5.82. The normalized spacial score (nSPS) is 13.8. The van der Waals surface area contributed by atoms with Gasteiger partial charge in [-0.2, -0.15) is 0 Å². The van der Waals surface area contributed by atoms with Crippen molar-refractivity contribution in [3.63, 3.8) is 0 Å². The summed E-state index contributed by atoms with van der Waals surface area (Å²) in [5, 5.41) is 0. The average molecular weight is 290 g/mol. The summed E-state index contributed by atoms with van der Waals surface area (Å²) in [4.78, 5) is 25.5. The summed E-state index contributed by atoms with van der Waals surface area (Å²) in [6.45, 7) is 2.18. The third kappa shape index (κ3) is 4.77. The topological polar surface area (TPSA) is 72.6 Å². The maximum atomic E-state index is 12.3. The fourth-order valence-corrected chi connectivity index (χ4v) is 2.23. The van der Waals surface area contributed by atoms with E-state index in [-0.39, 0.29) is 24.5 Å². The molecule has 1 aliphatic rings. The molecule has 0 saturated heterocycles. The lowest BCUT2D eigenvalue weighted by atomic mass is 10.1. The number of hydrogen-bond acceptors (Lipinski definition) is 4. The Morgan fingerprint density at radius 2 is 1.95 bits per heavy atom. The van der Waals surface area contributed by atoms with Gasteiger partial charge >= 0.3 is 5.97 Å². The van der Waals surface area contributed by atoms with E-state index < -0.39 is 0 Å². The Morgan fingerprint density at radius 1 is 1.29 bits per heavy atom. The Hall–Kier alpha value is -2.04. The van der Waals surface area contributed by atoms with Crippen LogP contribution in [0.15, 0.2) is 24.3 Å². The molecular formula is C16H22N2O3. The highest BCUT2D eigenvalue weighted by atomic mass is 16.5. The Morgan fingerprint density at radius 3 is 2.52 bits per heavy atom. The molecule has 1 aromatic carbocycles. The highest BCUT2D eigenvalue weighted by Crippen LogP contribution is 2.27. The molecule has 2 rings (SSSR count). The molecular weight excluding hydrogens is 268 g/mol. The molecule has 0 unspecified atom stereocenters. The number of rotatable bonds is 7. The number of ether oxygens (including phenoxy) is 1. The summed E-state index contributed by atoms with van der Waals surface area (Å²) >= 11 is 0. The van der Waals surface area contributed by atoms with Crippen LogP contribution < -0.4 is 5.73 Å². The van der Waals surface area contributed by atoms with Gasteiger partial charge in [-0.3, -0.25) is 9.59 Å². The minimum atomic E-state index is -0.328. The maximum Gasteiger partial charge on any atom is 0.325 e. The summed E-state index contributed by atoms with van der Waals surface area (Å²) in [5.41, 5.74) is 7.42. The molecule has 1 amide bonds. The first-order valence-corrected chi connectivity index (χ1v) is 7.39. The lowest BCUT2D eigenvalue weighted by molar-refractivity contribution is -0.149. The summed E-state index contributed by atoms with van der Waals surface area (Å²) in [5.74, 6) is -0.312. The molecule has 1 fully saturated rings. The molecule has 21 heavy (non-hydrogen) atoms. The summed E-state index contributed by atoms with van der Waals surface area (Å²) < 4.78 is 4.93. The molecule has 0 spiro atoms. The minimum absolute atomic E-state index is 0.0161. The number of nitrogens with zero attached hydrogens (tertiary/aromatic N) is 1. The van der Waals surface area contributed by atoms with Crippen LogP contribution in [0.2, 0.25) is 0 Å². The molecule has 0 aliphatic heterocycles. The molecule has 1 aliphatic carbocycles. The van der Waals surface area contributed by atoms with Gasteiger partial charge in [0.05, 0.1) is 6.61 Å². The third-order valence-corrected chi connectivity index (χ3v) is 3.52. The fraction of sp³-hybridized carbons (Fsp3) is 0.500. The van der Waals surface area contributed by atoms with Crippen LogP contribution >= 0.6 is 0 Å². The molecule has 0 bridgehead atoms. The van der Waals surface area contributed by atoms with Gasteiger partial charge in [-0.25, -0.2) is 0 Å². The Labute approximate surface area is 125 Å². The van der Waals surface area contributed by atoms with Crippen molar-refractivity contribution >= 4 is 17.6 Å². The predicted molar refractivity (Wildman–Crippen MR) is 80.5 cm³/mol. The lowest BCUT2D eigenvalue weighted by Crippen LogP contribution is -2.38. The largest absolute Gasteiger partial charge is 0.465 e. The lowest BCUT2D eigenvalue weighted by Gasteiger charge is -2.21. The molecule has 2 N–H and O–H groups in total. The molecule has 0 aromatic heterocycles. The van der Waals surface area contributed by atoms with Crippen LogP contribution in [-0.2, 0) is 20.7 Å². The third-order valence-electron chi connectivity index (χ3n) is 3.52. The van der Waals surface area contributed by atoms with E-state index in [1.54, 1.807) is 11.8 Å². The molecule has 0 atom stereocenters. The van der Waals surface area contributed by atoms with Crippen LogP contribution in [0.1, 0.15) is 31.7 Å². The van der Waals surface area contributed by atoms with E-state index in [0.29, 0.717) is 25.1 Å². The zero-order valence-electron chi connectivity index (χ0n) is 12.4. The van der Waals surface area contributed by atoms with Crippen LogP contribution in [0.5, 0.6) is 0 Å².